The fraction of sp³-hybridized carbons (Fsp3) is 0.368. The lowest BCUT2D eigenvalue weighted by Crippen LogP contribution is -2.46. The van der Waals surface area contributed by atoms with E-state index in [-0.39, 0.29) is 11.9 Å². The van der Waals surface area contributed by atoms with Gasteiger partial charge in [0.05, 0.1) is 19.0 Å². The molecule has 3 aromatic rings. The van der Waals surface area contributed by atoms with Crippen molar-refractivity contribution in [1.29, 1.82) is 0 Å². The molecule has 0 saturated carbocycles. The van der Waals surface area contributed by atoms with Gasteiger partial charge in [-0.25, -0.2) is 0 Å². The van der Waals surface area contributed by atoms with Gasteiger partial charge in [0.15, 0.2) is 0 Å². The van der Waals surface area contributed by atoms with Gasteiger partial charge in [0.25, 0.3) is 0 Å². The molecule has 24 heavy (non-hydrogen) atoms. The van der Waals surface area contributed by atoms with E-state index in [1.54, 1.807) is 6.20 Å². The van der Waals surface area contributed by atoms with Gasteiger partial charge in [0.1, 0.15) is 0 Å². The predicted octanol–water partition coefficient (Wildman–Crippen LogP) is 2.99. The number of carbonyl (C=O) groups excluding carboxylic acids is 1. The minimum atomic E-state index is 0.219. The molecule has 5 nitrogen and oxygen atoms in total. The van der Waals surface area contributed by atoms with Gasteiger partial charge in [-0.05, 0) is 37.0 Å². The lowest BCUT2D eigenvalue weighted by atomic mass is 10.0. The molecule has 124 valence electrons. The predicted molar refractivity (Wildman–Crippen MR) is 93.6 cm³/mol. The van der Waals surface area contributed by atoms with Crippen molar-refractivity contribution in [3.05, 3.63) is 54.5 Å². The second-order valence-electron chi connectivity index (χ2n) is 6.50. The summed E-state index contributed by atoms with van der Waals surface area (Å²) in [6.45, 7) is 1.64. The number of aromatic nitrogens is 3. The first-order chi connectivity index (χ1) is 11.8. The van der Waals surface area contributed by atoms with Gasteiger partial charge < -0.3 is 9.88 Å². The molecule has 2 aromatic heterocycles. The number of fused-ring (bicyclic) bond motifs is 1. The van der Waals surface area contributed by atoms with Crippen LogP contribution in [0.15, 0.2) is 48.9 Å². The lowest BCUT2D eigenvalue weighted by Gasteiger charge is -2.35. The van der Waals surface area contributed by atoms with Crippen molar-refractivity contribution in [3.63, 3.8) is 0 Å². The van der Waals surface area contributed by atoms with Gasteiger partial charge in [-0.1, -0.05) is 18.2 Å². The summed E-state index contributed by atoms with van der Waals surface area (Å²) >= 11 is 0. The number of nitrogens with one attached hydrogen (secondary N) is 1. The molecule has 1 atom stereocenters. The van der Waals surface area contributed by atoms with Crippen molar-refractivity contribution in [1.82, 2.24) is 19.7 Å². The van der Waals surface area contributed by atoms with Crippen molar-refractivity contribution in [2.45, 2.75) is 38.3 Å². The number of carbonyl (C=O) groups is 1. The highest BCUT2D eigenvalue weighted by Gasteiger charge is 2.27. The number of piperidine rings is 1. The minimum Gasteiger partial charge on any atom is -0.361 e. The lowest BCUT2D eigenvalue weighted by molar-refractivity contribution is -0.134. The van der Waals surface area contributed by atoms with Crippen LogP contribution >= 0.6 is 0 Å². The molecule has 5 heteroatoms. The average molecular weight is 322 g/mol. The van der Waals surface area contributed by atoms with E-state index in [0.717, 1.165) is 42.4 Å². The molecule has 0 radical (unpaired) electrons. The van der Waals surface area contributed by atoms with E-state index in [0.29, 0.717) is 6.42 Å². The topological polar surface area (TPSA) is 53.9 Å². The molecule has 0 spiro atoms. The maximum atomic E-state index is 12.9. The Kier molecular flexibility index (Phi) is 4.07. The van der Waals surface area contributed by atoms with E-state index in [1.807, 2.05) is 41.3 Å². The third-order valence-electron chi connectivity index (χ3n) is 4.92. The highest BCUT2D eigenvalue weighted by molar-refractivity contribution is 5.89. The number of H-pyrrole nitrogens is 1. The van der Waals surface area contributed by atoms with E-state index in [4.69, 9.17) is 0 Å². The van der Waals surface area contributed by atoms with Crippen LogP contribution < -0.4 is 0 Å². The SMILES string of the molecule is O=C(Cc1c[nH]c2ccccc12)N1CCCCC1Cn1cccn1. The Labute approximate surface area is 141 Å². The number of rotatable bonds is 4. The van der Waals surface area contributed by atoms with Crippen LogP contribution in [0.1, 0.15) is 24.8 Å². The van der Waals surface area contributed by atoms with Crippen LogP contribution in [0.2, 0.25) is 0 Å². The van der Waals surface area contributed by atoms with Crippen molar-refractivity contribution < 1.29 is 4.79 Å². The minimum absolute atomic E-state index is 0.219. The maximum absolute atomic E-state index is 12.9. The number of hydrogen-bond donors (Lipinski definition) is 1. The zero-order chi connectivity index (χ0) is 16.4. The number of nitrogens with zero attached hydrogens (tertiary/aromatic N) is 3. The van der Waals surface area contributed by atoms with Crippen molar-refractivity contribution >= 4 is 16.8 Å². The van der Waals surface area contributed by atoms with E-state index in [9.17, 15) is 4.79 Å². The molecule has 1 amide bonds. The molecule has 4 rings (SSSR count). The largest absolute Gasteiger partial charge is 0.361 e. The fourth-order valence-electron chi connectivity index (χ4n) is 3.69. The summed E-state index contributed by atoms with van der Waals surface area (Å²) in [5.74, 6) is 0.219. The molecule has 1 aromatic carbocycles. The molecule has 1 unspecified atom stereocenters. The third kappa shape index (κ3) is 2.94. The zero-order valence-corrected chi connectivity index (χ0v) is 13.7. The van der Waals surface area contributed by atoms with Crippen molar-refractivity contribution in [2.24, 2.45) is 0 Å². The van der Waals surface area contributed by atoms with E-state index in [2.05, 4.69) is 21.0 Å². The number of benzene rings is 1. The molecule has 0 bridgehead atoms. The Bertz CT molecular complexity index is 821. The molecular formula is C19H22N4O. The molecule has 1 aliphatic rings. The number of para-hydroxylation sites is 1. The van der Waals surface area contributed by atoms with Gasteiger partial charge in [-0.3, -0.25) is 9.48 Å². The first-order valence-corrected chi connectivity index (χ1v) is 8.63. The molecule has 3 heterocycles. The quantitative estimate of drug-likeness (QED) is 0.803. The van der Waals surface area contributed by atoms with Gasteiger partial charge in [-0.15, -0.1) is 0 Å². The van der Waals surface area contributed by atoms with Crippen LogP contribution in [0.3, 0.4) is 0 Å². The van der Waals surface area contributed by atoms with Gasteiger partial charge in [-0.2, -0.15) is 5.10 Å². The summed E-state index contributed by atoms with van der Waals surface area (Å²) in [6.07, 6.45) is 9.52. The van der Waals surface area contributed by atoms with Gasteiger partial charge in [0, 0.05) is 36.0 Å². The zero-order valence-electron chi connectivity index (χ0n) is 13.7. The number of aromatic amines is 1. The van der Waals surface area contributed by atoms with Crippen LogP contribution in [0.4, 0.5) is 0 Å². The van der Waals surface area contributed by atoms with Crippen molar-refractivity contribution in [2.75, 3.05) is 6.54 Å². The Morgan fingerprint density at radius 2 is 2.17 bits per heavy atom. The Balaban J connectivity index is 1.51. The van der Waals surface area contributed by atoms with E-state index < -0.39 is 0 Å². The smallest absolute Gasteiger partial charge is 0.227 e. The van der Waals surface area contributed by atoms with Crippen LogP contribution in [0.25, 0.3) is 10.9 Å². The third-order valence-corrected chi connectivity index (χ3v) is 4.92. The Hall–Kier alpha value is -2.56. The standard InChI is InChI=1S/C19H22N4O/c24-19(12-15-13-20-18-8-2-1-7-17(15)18)23-11-4-3-6-16(23)14-22-10-5-9-21-22/h1-2,5,7-10,13,16,20H,3-4,6,11-12,14H2. The highest BCUT2D eigenvalue weighted by atomic mass is 16.2. The second kappa shape index (κ2) is 6.51. The van der Waals surface area contributed by atoms with E-state index >= 15 is 0 Å². The number of amides is 1. The number of hydrogen-bond acceptors (Lipinski definition) is 2. The maximum Gasteiger partial charge on any atom is 0.227 e. The molecule has 1 N–H and O–H groups in total. The molecule has 1 saturated heterocycles. The fourth-order valence-corrected chi connectivity index (χ4v) is 3.69. The Morgan fingerprint density at radius 1 is 1.25 bits per heavy atom. The number of likely N-dealkylation sites (tertiary alicyclic amines) is 1. The van der Waals surface area contributed by atoms with Crippen LogP contribution in [0, 0.1) is 0 Å². The summed E-state index contributed by atoms with van der Waals surface area (Å²) in [4.78, 5) is 18.3. The van der Waals surface area contributed by atoms with Crippen molar-refractivity contribution in [3.8, 4) is 0 Å². The molecule has 0 aliphatic carbocycles. The van der Waals surface area contributed by atoms with E-state index in [1.165, 1.54) is 6.42 Å². The summed E-state index contributed by atoms with van der Waals surface area (Å²) in [5.41, 5.74) is 2.17. The Morgan fingerprint density at radius 3 is 3.04 bits per heavy atom. The summed E-state index contributed by atoms with van der Waals surface area (Å²) < 4.78 is 1.93. The van der Waals surface area contributed by atoms with Crippen LogP contribution in [0.5, 0.6) is 0 Å². The van der Waals surface area contributed by atoms with Crippen LogP contribution in [-0.4, -0.2) is 38.2 Å². The first-order valence-electron chi connectivity index (χ1n) is 8.63. The molecular weight excluding hydrogens is 300 g/mol. The summed E-state index contributed by atoms with van der Waals surface area (Å²) in [6, 6.07) is 10.3. The average Bonchev–Trinajstić information content (AvgIpc) is 3.26. The summed E-state index contributed by atoms with van der Waals surface area (Å²) in [7, 11) is 0. The molecule has 1 aliphatic heterocycles. The molecule has 1 fully saturated rings. The van der Waals surface area contributed by atoms with Crippen LogP contribution in [-0.2, 0) is 17.8 Å². The first kappa shape index (κ1) is 15.0. The highest BCUT2D eigenvalue weighted by Crippen LogP contribution is 2.22. The second-order valence-corrected chi connectivity index (χ2v) is 6.50. The van der Waals surface area contributed by atoms with Gasteiger partial charge in [0.2, 0.25) is 5.91 Å². The monoisotopic (exact) mass is 322 g/mol. The normalized spacial score (nSPS) is 18.2. The summed E-state index contributed by atoms with van der Waals surface area (Å²) in [5, 5.41) is 5.44. The van der Waals surface area contributed by atoms with Gasteiger partial charge >= 0.3 is 0 Å².